The lowest BCUT2D eigenvalue weighted by Crippen LogP contribution is -2.48. The highest BCUT2D eigenvalue weighted by atomic mass is 28.4. The van der Waals surface area contributed by atoms with Crippen LogP contribution in [0.25, 0.3) is 0 Å². The van der Waals surface area contributed by atoms with Gasteiger partial charge in [0, 0.05) is 26.9 Å². The van der Waals surface area contributed by atoms with Crippen LogP contribution in [0.3, 0.4) is 0 Å². The van der Waals surface area contributed by atoms with Gasteiger partial charge >= 0.3 is 8.80 Å². The molecule has 0 aliphatic carbocycles. The highest BCUT2D eigenvalue weighted by Gasteiger charge is 2.46. The smallest absolute Gasteiger partial charge is 0.377 e. The van der Waals surface area contributed by atoms with E-state index in [4.69, 9.17) is 13.3 Å². The Kier molecular flexibility index (Phi) is 7.43. The van der Waals surface area contributed by atoms with Gasteiger partial charge in [-0.15, -0.1) is 0 Å². The van der Waals surface area contributed by atoms with Gasteiger partial charge in [-0.3, -0.25) is 0 Å². The summed E-state index contributed by atoms with van der Waals surface area (Å²) in [4.78, 5) is 0. The van der Waals surface area contributed by atoms with Crippen LogP contribution in [0.15, 0.2) is 0 Å². The molecule has 0 spiro atoms. The Hall–Kier alpha value is 0.0969. The largest absolute Gasteiger partial charge is 0.503 e. The van der Waals surface area contributed by atoms with Crippen LogP contribution < -0.4 is 0 Å². The van der Waals surface area contributed by atoms with Crippen molar-refractivity contribution in [3.63, 3.8) is 0 Å². The molecule has 0 aliphatic heterocycles. The summed E-state index contributed by atoms with van der Waals surface area (Å²) >= 11 is 0. The molecule has 1 atom stereocenters. The van der Waals surface area contributed by atoms with Crippen LogP contribution >= 0.6 is 0 Å². The average molecular weight is 234 g/mol. The molecule has 0 amide bonds. The topological polar surface area (TPSA) is 27.7 Å². The van der Waals surface area contributed by atoms with Crippen molar-refractivity contribution in [3.8, 4) is 0 Å². The minimum absolute atomic E-state index is 0.419. The van der Waals surface area contributed by atoms with E-state index in [1.54, 1.807) is 21.3 Å². The molecular formula is C11H26O3Si. The highest BCUT2D eigenvalue weighted by Crippen LogP contribution is 2.34. The Morgan fingerprint density at radius 2 is 1.47 bits per heavy atom. The molecule has 15 heavy (non-hydrogen) atoms. The van der Waals surface area contributed by atoms with E-state index < -0.39 is 8.80 Å². The van der Waals surface area contributed by atoms with Gasteiger partial charge in [-0.1, -0.05) is 27.2 Å². The number of hydrogen-bond donors (Lipinski definition) is 0. The van der Waals surface area contributed by atoms with Crippen LogP contribution in [0.5, 0.6) is 0 Å². The molecule has 0 aromatic carbocycles. The predicted octanol–water partition coefficient (Wildman–Crippen LogP) is 3.08. The van der Waals surface area contributed by atoms with Crippen LogP contribution in [0.2, 0.25) is 5.54 Å². The maximum Gasteiger partial charge on any atom is 0.503 e. The van der Waals surface area contributed by atoms with Gasteiger partial charge in [0.2, 0.25) is 0 Å². The zero-order valence-electron chi connectivity index (χ0n) is 11.0. The summed E-state index contributed by atoms with van der Waals surface area (Å²) in [6, 6.07) is 0. The predicted molar refractivity (Wildman–Crippen MR) is 64.9 cm³/mol. The van der Waals surface area contributed by atoms with E-state index in [0.29, 0.717) is 11.5 Å². The first-order valence-electron chi connectivity index (χ1n) is 5.71. The molecule has 0 aromatic rings. The lowest BCUT2D eigenvalue weighted by atomic mass is 10.1. The maximum atomic E-state index is 5.55. The van der Waals surface area contributed by atoms with E-state index >= 15 is 0 Å². The Bertz CT molecular complexity index is 150. The molecule has 0 fully saturated rings. The fraction of sp³-hybridized carbons (Fsp3) is 1.00. The molecule has 0 bridgehead atoms. The summed E-state index contributed by atoms with van der Waals surface area (Å²) in [5.41, 5.74) is 0.419. The average Bonchev–Trinajstić information content (AvgIpc) is 2.21. The Labute approximate surface area is 95.5 Å². The number of rotatable bonds is 8. The monoisotopic (exact) mass is 234 g/mol. The van der Waals surface area contributed by atoms with Crippen LogP contribution in [0, 0.1) is 5.92 Å². The summed E-state index contributed by atoms with van der Waals surface area (Å²) in [7, 11) is 2.66. The van der Waals surface area contributed by atoms with Crippen molar-refractivity contribution in [2.45, 2.75) is 45.6 Å². The summed E-state index contributed by atoms with van der Waals surface area (Å²) in [5.74, 6) is 0.647. The summed E-state index contributed by atoms with van der Waals surface area (Å²) in [6.07, 6.45) is 3.36. The molecule has 0 heterocycles. The number of hydrogen-bond acceptors (Lipinski definition) is 3. The van der Waals surface area contributed by atoms with E-state index in [0.717, 1.165) is 19.3 Å². The summed E-state index contributed by atoms with van der Waals surface area (Å²) < 4.78 is 16.6. The first kappa shape index (κ1) is 15.1. The van der Waals surface area contributed by atoms with Crippen molar-refractivity contribution in [3.05, 3.63) is 0 Å². The summed E-state index contributed by atoms with van der Waals surface area (Å²) in [6.45, 7) is 6.64. The zero-order valence-corrected chi connectivity index (χ0v) is 12.0. The van der Waals surface area contributed by atoms with Gasteiger partial charge in [0.1, 0.15) is 0 Å². The minimum Gasteiger partial charge on any atom is -0.377 e. The molecule has 3 nitrogen and oxygen atoms in total. The molecule has 0 rings (SSSR count). The first-order chi connectivity index (χ1) is 7.06. The molecule has 0 saturated heterocycles. The minimum atomic E-state index is -2.43. The fourth-order valence-electron chi connectivity index (χ4n) is 2.11. The van der Waals surface area contributed by atoms with Crippen molar-refractivity contribution >= 4 is 8.80 Å². The normalized spacial score (nSPS) is 14.6. The SMILES string of the molecule is CCCC(CC(C)C)[Si](OC)(OC)OC. The van der Waals surface area contributed by atoms with Gasteiger partial charge in [0.15, 0.2) is 0 Å². The molecular weight excluding hydrogens is 208 g/mol. The quantitative estimate of drug-likeness (QED) is 0.604. The Morgan fingerprint density at radius 1 is 1.00 bits per heavy atom. The van der Waals surface area contributed by atoms with E-state index in [-0.39, 0.29) is 0 Å². The lowest BCUT2D eigenvalue weighted by molar-refractivity contribution is 0.106. The standard InChI is InChI=1S/C11H26O3Si/c1-7-8-11(9-10(2)3)15(12-4,13-5)14-6/h10-11H,7-9H2,1-6H3. The fourth-order valence-corrected chi connectivity index (χ4v) is 5.01. The van der Waals surface area contributed by atoms with Crippen molar-refractivity contribution < 1.29 is 13.3 Å². The third-order valence-corrected chi connectivity index (χ3v) is 5.98. The van der Waals surface area contributed by atoms with Gasteiger partial charge in [-0.25, -0.2) is 0 Å². The Balaban J connectivity index is 4.65. The molecule has 1 unspecified atom stereocenters. The molecule has 0 saturated carbocycles. The van der Waals surface area contributed by atoms with Crippen LogP contribution in [0.4, 0.5) is 0 Å². The third kappa shape index (κ3) is 4.22. The van der Waals surface area contributed by atoms with Gasteiger partial charge < -0.3 is 13.3 Å². The van der Waals surface area contributed by atoms with E-state index in [1.165, 1.54) is 0 Å². The molecule has 0 N–H and O–H groups in total. The lowest BCUT2D eigenvalue weighted by Gasteiger charge is -2.33. The van der Waals surface area contributed by atoms with Crippen LogP contribution in [-0.4, -0.2) is 30.1 Å². The van der Waals surface area contributed by atoms with Gasteiger partial charge in [0.25, 0.3) is 0 Å². The highest BCUT2D eigenvalue weighted by molar-refractivity contribution is 6.62. The van der Waals surface area contributed by atoms with E-state index in [2.05, 4.69) is 20.8 Å². The van der Waals surface area contributed by atoms with Crippen molar-refractivity contribution in [1.29, 1.82) is 0 Å². The van der Waals surface area contributed by atoms with Crippen molar-refractivity contribution in [2.75, 3.05) is 21.3 Å². The van der Waals surface area contributed by atoms with Gasteiger partial charge in [0.05, 0.1) is 0 Å². The third-order valence-electron chi connectivity index (χ3n) is 2.75. The molecule has 0 aromatic heterocycles. The summed E-state index contributed by atoms with van der Waals surface area (Å²) in [5, 5.41) is 0. The molecule has 0 radical (unpaired) electrons. The maximum absolute atomic E-state index is 5.55. The van der Waals surface area contributed by atoms with Crippen molar-refractivity contribution in [1.82, 2.24) is 0 Å². The second-order valence-electron chi connectivity index (χ2n) is 4.33. The van der Waals surface area contributed by atoms with Gasteiger partial charge in [-0.2, -0.15) is 0 Å². The van der Waals surface area contributed by atoms with Gasteiger partial charge in [-0.05, 0) is 18.8 Å². The second-order valence-corrected chi connectivity index (χ2v) is 7.58. The molecule has 92 valence electrons. The molecule has 0 aliphatic rings. The van der Waals surface area contributed by atoms with E-state index in [9.17, 15) is 0 Å². The van der Waals surface area contributed by atoms with Crippen LogP contribution in [-0.2, 0) is 13.3 Å². The Morgan fingerprint density at radius 3 is 1.73 bits per heavy atom. The second kappa shape index (κ2) is 7.38. The van der Waals surface area contributed by atoms with Crippen molar-refractivity contribution in [2.24, 2.45) is 5.92 Å². The molecule has 4 heteroatoms. The first-order valence-corrected chi connectivity index (χ1v) is 7.51. The van der Waals surface area contributed by atoms with E-state index in [1.807, 2.05) is 0 Å². The van der Waals surface area contributed by atoms with Crippen LogP contribution in [0.1, 0.15) is 40.0 Å². The zero-order chi connectivity index (χ0) is 11.9.